The molecule has 0 saturated heterocycles. The fourth-order valence-electron chi connectivity index (χ4n) is 0.245. The van der Waals surface area contributed by atoms with E-state index in [1.165, 1.54) is 0 Å². The standard InChI is InChI=1S/C5H12O2.C5H12O.V/c1-3-5(2)4-7-6;1-5(2,3)4-6;/h5-6H,3-4H2,1-2H3;6H,4H2,1-3H3;. The van der Waals surface area contributed by atoms with Crippen LogP contribution in [-0.2, 0) is 23.4 Å². The van der Waals surface area contributed by atoms with E-state index in [0.29, 0.717) is 12.5 Å². The fourth-order valence-corrected chi connectivity index (χ4v) is 0.245. The molecule has 0 spiro atoms. The van der Waals surface area contributed by atoms with Crippen molar-refractivity contribution in [2.24, 2.45) is 11.3 Å². The van der Waals surface area contributed by atoms with Crippen LogP contribution in [0.5, 0.6) is 0 Å². The molecule has 0 amide bonds. The van der Waals surface area contributed by atoms with Crippen LogP contribution >= 0.6 is 0 Å². The van der Waals surface area contributed by atoms with E-state index in [0.717, 1.165) is 6.42 Å². The van der Waals surface area contributed by atoms with Crippen molar-refractivity contribution in [1.82, 2.24) is 0 Å². The van der Waals surface area contributed by atoms with Crippen LogP contribution in [0.25, 0.3) is 0 Å². The van der Waals surface area contributed by atoms with Gasteiger partial charge in [-0.15, -0.1) is 0 Å². The molecule has 0 aliphatic rings. The molecule has 0 aromatic rings. The minimum absolute atomic E-state index is 0. The molecule has 0 aromatic carbocycles. The summed E-state index contributed by atoms with van der Waals surface area (Å²) in [6.07, 6.45) is 1.06. The third-order valence-electron chi connectivity index (χ3n) is 1.53. The van der Waals surface area contributed by atoms with Crippen molar-refractivity contribution >= 4 is 0 Å². The molecule has 0 rings (SSSR count). The molecule has 14 heavy (non-hydrogen) atoms. The van der Waals surface area contributed by atoms with Crippen molar-refractivity contribution in [3.63, 3.8) is 0 Å². The van der Waals surface area contributed by atoms with Crippen LogP contribution in [0.3, 0.4) is 0 Å². The van der Waals surface area contributed by atoms with Crippen LogP contribution in [0.1, 0.15) is 41.0 Å². The van der Waals surface area contributed by atoms with Crippen molar-refractivity contribution in [3.05, 3.63) is 0 Å². The number of hydrogen-bond donors (Lipinski definition) is 2. The van der Waals surface area contributed by atoms with Gasteiger partial charge >= 0.3 is 0 Å². The van der Waals surface area contributed by atoms with Gasteiger partial charge in [-0.3, -0.25) is 5.26 Å². The third-order valence-corrected chi connectivity index (χ3v) is 1.53. The van der Waals surface area contributed by atoms with E-state index in [1.807, 2.05) is 27.7 Å². The summed E-state index contributed by atoms with van der Waals surface area (Å²) in [7, 11) is 0. The minimum Gasteiger partial charge on any atom is -0.396 e. The first-order chi connectivity index (χ1) is 5.87. The van der Waals surface area contributed by atoms with E-state index in [9.17, 15) is 0 Å². The van der Waals surface area contributed by atoms with Gasteiger partial charge in [0.1, 0.15) is 0 Å². The number of rotatable bonds is 3. The SMILES string of the molecule is CC(C)(C)CO.CCC(C)COO.[V]. The van der Waals surface area contributed by atoms with Gasteiger partial charge < -0.3 is 5.11 Å². The molecule has 0 bridgehead atoms. The molecule has 4 heteroatoms. The summed E-state index contributed by atoms with van der Waals surface area (Å²) in [5.41, 5.74) is 0.0972. The Morgan fingerprint density at radius 2 is 1.64 bits per heavy atom. The largest absolute Gasteiger partial charge is 0.396 e. The normalized spacial score (nSPS) is 12.2. The second-order valence-corrected chi connectivity index (χ2v) is 4.53. The zero-order valence-corrected chi connectivity index (χ0v) is 11.3. The van der Waals surface area contributed by atoms with Crippen LogP contribution in [-0.4, -0.2) is 23.6 Å². The predicted octanol–water partition coefficient (Wildman–Crippen LogP) is 2.54. The van der Waals surface area contributed by atoms with E-state index in [2.05, 4.69) is 11.8 Å². The molecule has 1 unspecified atom stereocenters. The zero-order chi connectivity index (χ0) is 10.9. The van der Waals surface area contributed by atoms with Gasteiger partial charge in [-0.1, -0.05) is 41.0 Å². The van der Waals surface area contributed by atoms with E-state index in [1.54, 1.807) is 0 Å². The number of aliphatic hydroxyl groups is 1. The summed E-state index contributed by atoms with van der Waals surface area (Å²) in [6, 6.07) is 0. The maximum Gasteiger partial charge on any atom is 0.0845 e. The van der Waals surface area contributed by atoms with Crippen molar-refractivity contribution in [3.8, 4) is 0 Å². The van der Waals surface area contributed by atoms with Crippen molar-refractivity contribution in [2.75, 3.05) is 13.2 Å². The topological polar surface area (TPSA) is 49.7 Å². The second kappa shape index (κ2) is 11.5. The molecule has 0 fully saturated rings. The van der Waals surface area contributed by atoms with Crippen LogP contribution in [0.15, 0.2) is 0 Å². The van der Waals surface area contributed by atoms with Crippen LogP contribution in [0.4, 0.5) is 0 Å². The van der Waals surface area contributed by atoms with Gasteiger partial charge in [0.05, 0.1) is 6.61 Å². The Morgan fingerprint density at radius 1 is 1.29 bits per heavy atom. The third kappa shape index (κ3) is 22.9. The van der Waals surface area contributed by atoms with E-state index in [-0.39, 0.29) is 30.6 Å². The Morgan fingerprint density at radius 3 is 1.71 bits per heavy atom. The molecule has 1 radical (unpaired) electrons. The smallest absolute Gasteiger partial charge is 0.0845 e. The molecule has 0 aliphatic carbocycles. The van der Waals surface area contributed by atoms with E-state index >= 15 is 0 Å². The first-order valence-electron chi connectivity index (χ1n) is 4.74. The monoisotopic (exact) mass is 243 g/mol. The Labute approximate surface area is 99.7 Å². The molecule has 0 aromatic heterocycles. The average Bonchev–Trinajstić information content (AvgIpc) is 2.05. The van der Waals surface area contributed by atoms with Gasteiger partial charge in [-0.25, -0.2) is 4.89 Å². The van der Waals surface area contributed by atoms with Crippen LogP contribution in [0, 0.1) is 11.3 Å². The molecule has 87 valence electrons. The quantitative estimate of drug-likeness (QED) is 0.591. The summed E-state index contributed by atoms with van der Waals surface area (Å²) in [5.74, 6) is 0.477. The van der Waals surface area contributed by atoms with Gasteiger partial charge in [0, 0.05) is 25.2 Å². The summed E-state index contributed by atoms with van der Waals surface area (Å²) < 4.78 is 0. The van der Waals surface area contributed by atoms with E-state index < -0.39 is 0 Å². The maximum atomic E-state index is 8.40. The number of aliphatic hydroxyl groups excluding tert-OH is 1. The molecule has 0 heterocycles. The summed E-state index contributed by atoms with van der Waals surface area (Å²) in [5, 5.41) is 16.3. The van der Waals surface area contributed by atoms with Gasteiger partial charge in [0.2, 0.25) is 0 Å². The molecular formula is C10H24O3V. The van der Waals surface area contributed by atoms with Gasteiger partial charge in [0.25, 0.3) is 0 Å². The van der Waals surface area contributed by atoms with Crippen molar-refractivity contribution in [1.29, 1.82) is 0 Å². The first kappa shape index (κ1) is 20.0. The molecule has 0 saturated carbocycles. The van der Waals surface area contributed by atoms with Gasteiger partial charge in [-0.2, -0.15) is 0 Å². The molecule has 3 nitrogen and oxygen atoms in total. The first-order valence-corrected chi connectivity index (χ1v) is 4.74. The Balaban J connectivity index is -0.000000163. The van der Waals surface area contributed by atoms with Gasteiger partial charge in [0.15, 0.2) is 0 Å². The van der Waals surface area contributed by atoms with Gasteiger partial charge in [-0.05, 0) is 11.3 Å². The van der Waals surface area contributed by atoms with Crippen LogP contribution in [0.2, 0.25) is 0 Å². The zero-order valence-electron chi connectivity index (χ0n) is 9.95. The Kier molecular flexibility index (Phi) is 16.4. The van der Waals surface area contributed by atoms with E-state index in [4.69, 9.17) is 10.4 Å². The summed E-state index contributed by atoms with van der Waals surface area (Å²) in [6.45, 7) is 10.8. The average molecular weight is 243 g/mol. The summed E-state index contributed by atoms with van der Waals surface area (Å²) >= 11 is 0. The molecule has 1 atom stereocenters. The predicted molar refractivity (Wildman–Crippen MR) is 54.6 cm³/mol. The second-order valence-electron chi connectivity index (χ2n) is 4.53. The van der Waals surface area contributed by atoms with Crippen LogP contribution < -0.4 is 0 Å². The minimum atomic E-state index is 0. The Hall–Kier alpha value is 0.464. The van der Waals surface area contributed by atoms with Crippen molar-refractivity contribution < 1.29 is 33.8 Å². The van der Waals surface area contributed by atoms with Crippen molar-refractivity contribution in [2.45, 2.75) is 41.0 Å². The molecular weight excluding hydrogens is 219 g/mol. The Bertz CT molecular complexity index is 102. The fraction of sp³-hybridized carbons (Fsp3) is 1.00. The molecule has 2 N–H and O–H groups in total. The summed E-state index contributed by atoms with van der Waals surface area (Å²) in [4.78, 5) is 3.89. The maximum absolute atomic E-state index is 8.40. The number of hydrogen-bond acceptors (Lipinski definition) is 3. The molecule has 0 aliphatic heterocycles.